The Morgan fingerprint density at radius 1 is 1.04 bits per heavy atom. The van der Waals surface area contributed by atoms with E-state index in [4.69, 9.17) is 4.74 Å². The first-order valence-electron chi connectivity index (χ1n) is 8.69. The van der Waals surface area contributed by atoms with Gasteiger partial charge in [0.25, 0.3) is 0 Å². The third kappa shape index (κ3) is 4.30. The molecule has 5 nitrogen and oxygen atoms in total. The van der Waals surface area contributed by atoms with Crippen LogP contribution in [-0.4, -0.2) is 36.9 Å². The number of sulfonamides is 1. The van der Waals surface area contributed by atoms with E-state index < -0.39 is 28.0 Å². The van der Waals surface area contributed by atoms with E-state index in [1.54, 1.807) is 24.3 Å². The van der Waals surface area contributed by atoms with E-state index in [1.165, 1.54) is 16.4 Å². The number of aromatic nitrogens is 1. The predicted octanol–water partition coefficient (Wildman–Crippen LogP) is 3.85. The molecule has 3 rings (SSSR count). The summed E-state index contributed by atoms with van der Waals surface area (Å²) in [6.07, 6.45) is -5.10. The summed E-state index contributed by atoms with van der Waals surface area (Å²) in [6.45, 7) is 6.23. The Bertz CT molecular complexity index is 946. The van der Waals surface area contributed by atoms with Gasteiger partial charge in [-0.25, -0.2) is 13.4 Å². The van der Waals surface area contributed by atoms with Crippen LogP contribution in [-0.2, 0) is 21.6 Å². The molecule has 0 N–H and O–H groups in total. The van der Waals surface area contributed by atoms with E-state index in [2.05, 4.69) is 4.98 Å². The van der Waals surface area contributed by atoms with Crippen LogP contribution in [0, 0.1) is 0 Å². The predicted molar refractivity (Wildman–Crippen MR) is 97.6 cm³/mol. The highest BCUT2D eigenvalue weighted by Crippen LogP contribution is 2.30. The van der Waals surface area contributed by atoms with Crippen molar-refractivity contribution in [2.24, 2.45) is 0 Å². The zero-order chi connectivity index (χ0) is 20.7. The van der Waals surface area contributed by atoms with E-state index in [0.29, 0.717) is 0 Å². The lowest BCUT2D eigenvalue weighted by atomic mass is 9.87. The highest BCUT2D eigenvalue weighted by atomic mass is 32.2. The Labute approximate surface area is 162 Å². The molecule has 1 aromatic carbocycles. The monoisotopic (exact) mass is 414 g/mol. The zero-order valence-electron chi connectivity index (χ0n) is 15.7. The van der Waals surface area contributed by atoms with Crippen molar-refractivity contribution in [3.8, 4) is 5.88 Å². The van der Waals surface area contributed by atoms with Gasteiger partial charge < -0.3 is 4.74 Å². The molecule has 2 aromatic rings. The maximum absolute atomic E-state index is 12.7. The van der Waals surface area contributed by atoms with Crippen LogP contribution in [0.3, 0.4) is 0 Å². The van der Waals surface area contributed by atoms with E-state index >= 15 is 0 Å². The fraction of sp³-hybridized carbons (Fsp3) is 0.421. The van der Waals surface area contributed by atoms with Crippen LogP contribution in [0.4, 0.5) is 13.2 Å². The summed E-state index contributed by atoms with van der Waals surface area (Å²) in [7, 11) is -3.67. The summed E-state index contributed by atoms with van der Waals surface area (Å²) in [4.78, 5) is 3.61. The minimum absolute atomic E-state index is 0.0568. The number of rotatable bonds is 4. The molecule has 0 bridgehead atoms. The molecule has 1 aliphatic rings. The van der Waals surface area contributed by atoms with E-state index in [1.807, 2.05) is 20.8 Å². The molecule has 0 radical (unpaired) electrons. The van der Waals surface area contributed by atoms with Crippen molar-refractivity contribution >= 4 is 10.0 Å². The lowest BCUT2D eigenvalue weighted by molar-refractivity contribution is -0.141. The maximum atomic E-state index is 12.7. The normalized spacial score (nSPS) is 16.6. The smallest absolute Gasteiger partial charge is 0.433 e. The Kier molecular flexibility index (Phi) is 5.18. The fourth-order valence-electron chi connectivity index (χ4n) is 2.76. The van der Waals surface area contributed by atoms with Gasteiger partial charge in [-0.15, -0.1) is 0 Å². The van der Waals surface area contributed by atoms with E-state index in [0.717, 1.165) is 11.6 Å². The molecule has 0 unspecified atom stereocenters. The van der Waals surface area contributed by atoms with Crippen molar-refractivity contribution < 1.29 is 26.3 Å². The van der Waals surface area contributed by atoms with Crippen molar-refractivity contribution in [3.05, 3.63) is 53.7 Å². The summed E-state index contributed by atoms with van der Waals surface area (Å²) >= 11 is 0. The minimum atomic E-state index is -4.56. The SMILES string of the molecule is CC(C)(C)c1ccc(S(=O)(=O)N2CC(Oc3cccc(C(F)(F)F)n3)C2)cc1. The van der Waals surface area contributed by atoms with Crippen LogP contribution in [0.15, 0.2) is 47.4 Å². The minimum Gasteiger partial charge on any atom is -0.472 e. The first-order valence-corrected chi connectivity index (χ1v) is 10.1. The number of ether oxygens (including phenoxy) is 1. The number of pyridine rings is 1. The molecule has 1 saturated heterocycles. The summed E-state index contributed by atoms with van der Waals surface area (Å²) in [5.41, 5.74) is -0.115. The third-order valence-electron chi connectivity index (χ3n) is 4.47. The lowest BCUT2D eigenvalue weighted by Crippen LogP contribution is -2.56. The van der Waals surface area contributed by atoms with Crippen molar-refractivity contribution in [2.75, 3.05) is 13.1 Å². The van der Waals surface area contributed by atoms with Crippen LogP contribution < -0.4 is 4.74 Å². The molecule has 28 heavy (non-hydrogen) atoms. The average molecular weight is 414 g/mol. The maximum Gasteiger partial charge on any atom is 0.433 e. The summed E-state index contributed by atoms with van der Waals surface area (Å²) in [6, 6.07) is 10.1. The van der Waals surface area contributed by atoms with Crippen molar-refractivity contribution in [3.63, 3.8) is 0 Å². The second kappa shape index (κ2) is 7.04. The zero-order valence-corrected chi connectivity index (χ0v) is 16.5. The first-order chi connectivity index (χ1) is 12.9. The lowest BCUT2D eigenvalue weighted by Gasteiger charge is -2.37. The Morgan fingerprint density at radius 2 is 1.64 bits per heavy atom. The van der Waals surface area contributed by atoms with Crippen molar-refractivity contribution in [1.82, 2.24) is 9.29 Å². The van der Waals surface area contributed by atoms with Crippen LogP contribution in [0.5, 0.6) is 5.88 Å². The van der Waals surface area contributed by atoms with Gasteiger partial charge in [-0.05, 0) is 29.2 Å². The molecule has 152 valence electrons. The summed E-state index contributed by atoms with van der Waals surface area (Å²) in [5, 5.41) is 0. The van der Waals surface area contributed by atoms with Crippen molar-refractivity contribution in [1.29, 1.82) is 0 Å². The number of hydrogen-bond donors (Lipinski definition) is 0. The fourth-order valence-corrected chi connectivity index (χ4v) is 4.26. The molecule has 0 spiro atoms. The topological polar surface area (TPSA) is 59.5 Å². The average Bonchev–Trinajstić information content (AvgIpc) is 2.56. The number of halogens is 3. The second-order valence-electron chi connectivity index (χ2n) is 7.70. The van der Waals surface area contributed by atoms with Crippen LogP contribution in [0.2, 0.25) is 0 Å². The quantitative estimate of drug-likeness (QED) is 0.763. The molecule has 0 saturated carbocycles. The van der Waals surface area contributed by atoms with Crippen molar-refractivity contribution in [2.45, 2.75) is 43.4 Å². The molecule has 1 fully saturated rings. The molecule has 0 aliphatic carbocycles. The molecular formula is C19H21F3N2O3S. The third-order valence-corrected chi connectivity index (χ3v) is 6.32. The van der Waals surface area contributed by atoms with Crippen LogP contribution in [0.25, 0.3) is 0 Å². The molecule has 0 atom stereocenters. The van der Waals surface area contributed by atoms with Crippen LogP contribution in [0.1, 0.15) is 32.0 Å². The van der Waals surface area contributed by atoms with E-state index in [-0.39, 0.29) is 29.3 Å². The Hall–Kier alpha value is -2.13. The van der Waals surface area contributed by atoms with Gasteiger partial charge in [-0.1, -0.05) is 39.0 Å². The van der Waals surface area contributed by atoms with Gasteiger partial charge in [0.1, 0.15) is 11.8 Å². The molecule has 1 aliphatic heterocycles. The number of nitrogens with zero attached hydrogens (tertiary/aromatic N) is 2. The molecule has 9 heteroatoms. The van der Waals surface area contributed by atoms with Crippen LogP contribution >= 0.6 is 0 Å². The van der Waals surface area contributed by atoms with Gasteiger partial charge in [0.05, 0.1) is 18.0 Å². The molecule has 1 aromatic heterocycles. The molecule has 2 heterocycles. The first kappa shape index (κ1) is 20.6. The van der Waals surface area contributed by atoms with Gasteiger partial charge in [-0.2, -0.15) is 17.5 Å². The largest absolute Gasteiger partial charge is 0.472 e. The van der Waals surface area contributed by atoms with E-state index in [9.17, 15) is 21.6 Å². The number of benzene rings is 1. The Balaban J connectivity index is 1.64. The van der Waals surface area contributed by atoms with Gasteiger partial charge in [0, 0.05) is 6.07 Å². The highest BCUT2D eigenvalue weighted by molar-refractivity contribution is 7.89. The molecule has 0 amide bonds. The molecular weight excluding hydrogens is 393 g/mol. The highest BCUT2D eigenvalue weighted by Gasteiger charge is 2.39. The summed E-state index contributed by atoms with van der Waals surface area (Å²) in [5.74, 6) is -0.175. The summed E-state index contributed by atoms with van der Waals surface area (Å²) < 4.78 is 70.1. The van der Waals surface area contributed by atoms with Gasteiger partial charge in [0.2, 0.25) is 15.9 Å². The standard InChI is InChI=1S/C19H21F3N2O3S/c1-18(2,3)13-7-9-15(10-8-13)28(25,26)24-11-14(12-24)27-17-6-4-5-16(23-17)19(20,21)22/h4-10,14H,11-12H2,1-3H3. The number of hydrogen-bond acceptors (Lipinski definition) is 4. The number of alkyl halides is 3. The van der Waals surface area contributed by atoms with Gasteiger partial charge in [0.15, 0.2) is 0 Å². The van der Waals surface area contributed by atoms with Gasteiger partial charge in [-0.3, -0.25) is 0 Å². The Morgan fingerprint density at radius 3 is 2.18 bits per heavy atom. The van der Waals surface area contributed by atoms with Gasteiger partial charge >= 0.3 is 6.18 Å². The second-order valence-corrected chi connectivity index (χ2v) is 9.63.